The van der Waals surface area contributed by atoms with Gasteiger partial charge in [0.05, 0.1) is 23.4 Å². The van der Waals surface area contributed by atoms with Crippen LogP contribution in [0.2, 0.25) is 0 Å². The Morgan fingerprint density at radius 3 is 2.45 bits per heavy atom. The molecule has 4 aromatic rings. The molecule has 0 saturated carbocycles. The van der Waals surface area contributed by atoms with Crippen molar-refractivity contribution in [3.05, 3.63) is 81.0 Å². The summed E-state index contributed by atoms with van der Waals surface area (Å²) in [5, 5.41) is 23.9. The Balaban J connectivity index is 1.81. The molecule has 1 aliphatic rings. The molecule has 33 heavy (non-hydrogen) atoms. The second-order valence-electron chi connectivity index (χ2n) is 8.54. The van der Waals surface area contributed by atoms with Crippen LogP contribution in [0.15, 0.2) is 54.6 Å². The number of hydrogen-bond acceptors (Lipinski definition) is 6. The van der Waals surface area contributed by atoms with E-state index in [2.05, 4.69) is 24.5 Å². The summed E-state index contributed by atoms with van der Waals surface area (Å²) in [6, 6.07) is 19.7. The first-order valence-corrected chi connectivity index (χ1v) is 11.7. The Bertz CT molecular complexity index is 1540. The number of rotatable bonds is 3. The van der Waals surface area contributed by atoms with Crippen LogP contribution in [0.25, 0.3) is 21.8 Å². The predicted molar refractivity (Wildman–Crippen MR) is 131 cm³/mol. The SMILES string of the molecule is COc1ccc(-n2nc3c(c(C#N)c2=N)-c2sc(=S)n(-c4ccccc4)c2CC3(C)C)cc1. The Kier molecular flexibility index (Phi) is 5.04. The number of para-hydroxylation sites is 1. The van der Waals surface area contributed by atoms with E-state index in [1.807, 2.05) is 54.6 Å². The third kappa shape index (κ3) is 3.32. The number of hydrogen-bond donors (Lipinski definition) is 1. The first kappa shape index (κ1) is 21.3. The largest absolute Gasteiger partial charge is 0.497 e. The third-order valence-electron chi connectivity index (χ3n) is 5.96. The van der Waals surface area contributed by atoms with Crippen molar-refractivity contribution in [3.63, 3.8) is 0 Å². The average Bonchev–Trinajstić information content (AvgIpc) is 3.14. The highest BCUT2D eigenvalue weighted by atomic mass is 32.1. The van der Waals surface area contributed by atoms with Gasteiger partial charge in [-0.25, -0.2) is 4.68 Å². The molecule has 0 atom stereocenters. The first-order valence-electron chi connectivity index (χ1n) is 10.4. The van der Waals surface area contributed by atoms with Gasteiger partial charge in [0.2, 0.25) is 0 Å². The van der Waals surface area contributed by atoms with E-state index in [4.69, 9.17) is 27.5 Å². The van der Waals surface area contributed by atoms with Gasteiger partial charge >= 0.3 is 0 Å². The van der Waals surface area contributed by atoms with Gasteiger partial charge < -0.3 is 4.74 Å². The number of ether oxygens (including phenoxy) is 1. The molecule has 8 heteroatoms. The summed E-state index contributed by atoms with van der Waals surface area (Å²) in [6.45, 7) is 4.25. The molecule has 0 bridgehead atoms. The van der Waals surface area contributed by atoms with Gasteiger partial charge in [0.25, 0.3) is 0 Å². The summed E-state index contributed by atoms with van der Waals surface area (Å²) in [5.74, 6) is 0.719. The molecule has 0 unspecified atom stereocenters. The molecular formula is C25H21N5OS2. The quantitative estimate of drug-likeness (QED) is 0.411. The highest BCUT2D eigenvalue weighted by Crippen LogP contribution is 2.46. The van der Waals surface area contributed by atoms with Crippen molar-refractivity contribution in [1.82, 2.24) is 14.3 Å². The van der Waals surface area contributed by atoms with Crippen molar-refractivity contribution in [2.45, 2.75) is 25.7 Å². The minimum absolute atomic E-state index is 0.0515. The van der Waals surface area contributed by atoms with Gasteiger partial charge in [0.15, 0.2) is 9.44 Å². The monoisotopic (exact) mass is 471 g/mol. The van der Waals surface area contributed by atoms with Crippen LogP contribution in [0, 0.1) is 20.7 Å². The Morgan fingerprint density at radius 2 is 1.82 bits per heavy atom. The molecule has 164 valence electrons. The van der Waals surface area contributed by atoms with Gasteiger partial charge in [-0.2, -0.15) is 10.4 Å². The number of aromatic nitrogens is 3. The smallest absolute Gasteiger partial charge is 0.166 e. The molecule has 0 aliphatic heterocycles. The standard InChI is InChI=1S/C25H21N5OS2/c1-25(2)13-19-21(33-24(32)29(19)15-7-5-4-6-8-15)20-18(14-26)23(27)30(28-22(20)25)16-9-11-17(31-3)12-10-16/h4-12,27H,13H2,1-3H3. The number of thiazole rings is 1. The second kappa shape index (κ2) is 7.80. The highest BCUT2D eigenvalue weighted by Gasteiger charge is 2.38. The molecule has 0 radical (unpaired) electrons. The van der Waals surface area contributed by atoms with Gasteiger partial charge in [-0.15, -0.1) is 11.3 Å². The lowest BCUT2D eigenvalue weighted by molar-refractivity contribution is 0.414. The first-order chi connectivity index (χ1) is 15.9. The average molecular weight is 472 g/mol. The van der Waals surface area contributed by atoms with E-state index in [9.17, 15) is 5.26 Å². The molecule has 2 aromatic heterocycles. The van der Waals surface area contributed by atoms with Crippen molar-refractivity contribution in [1.29, 1.82) is 10.7 Å². The Labute approximate surface area is 200 Å². The fraction of sp³-hybridized carbons (Fsp3) is 0.200. The maximum absolute atomic E-state index is 10.2. The topological polar surface area (TPSA) is 79.6 Å². The molecule has 0 spiro atoms. The van der Waals surface area contributed by atoms with Crippen molar-refractivity contribution in [3.8, 4) is 33.6 Å². The highest BCUT2D eigenvalue weighted by molar-refractivity contribution is 7.73. The van der Waals surface area contributed by atoms with Gasteiger partial charge in [-0.3, -0.25) is 9.98 Å². The van der Waals surface area contributed by atoms with E-state index in [-0.39, 0.29) is 10.9 Å². The molecule has 0 fully saturated rings. The number of nitriles is 1. The van der Waals surface area contributed by atoms with Gasteiger partial charge in [-0.1, -0.05) is 32.0 Å². The van der Waals surface area contributed by atoms with E-state index < -0.39 is 0 Å². The van der Waals surface area contributed by atoms with Crippen LogP contribution in [0.5, 0.6) is 5.75 Å². The molecular weight excluding hydrogens is 450 g/mol. The summed E-state index contributed by atoms with van der Waals surface area (Å²) in [7, 11) is 1.61. The van der Waals surface area contributed by atoms with Crippen molar-refractivity contribution < 1.29 is 4.74 Å². The molecule has 2 heterocycles. The Morgan fingerprint density at radius 1 is 1.12 bits per heavy atom. The number of methoxy groups -OCH3 is 1. The zero-order valence-electron chi connectivity index (χ0n) is 18.4. The lowest BCUT2D eigenvalue weighted by Gasteiger charge is -2.32. The number of benzene rings is 2. The van der Waals surface area contributed by atoms with E-state index >= 15 is 0 Å². The molecule has 0 amide bonds. The zero-order chi connectivity index (χ0) is 23.3. The summed E-state index contributed by atoms with van der Waals surface area (Å²) < 4.78 is 9.60. The second-order valence-corrected chi connectivity index (χ2v) is 10.2. The normalized spacial score (nSPS) is 13.6. The fourth-order valence-corrected chi connectivity index (χ4v) is 5.88. The minimum atomic E-state index is -0.366. The predicted octanol–water partition coefficient (Wildman–Crippen LogP) is 5.31. The van der Waals surface area contributed by atoms with E-state index in [1.54, 1.807) is 7.11 Å². The molecule has 2 aromatic carbocycles. The Hall–Kier alpha value is -3.54. The summed E-state index contributed by atoms with van der Waals surface area (Å²) in [5.41, 5.74) is 4.29. The molecule has 1 N–H and O–H groups in total. The molecule has 5 rings (SSSR count). The van der Waals surface area contributed by atoms with Crippen LogP contribution in [-0.4, -0.2) is 21.5 Å². The zero-order valence-corrected chi connectivity index (χ0v) is 20.0. The lowest BCUT2D eigenvalue weighted by Crippen LogP contribution is -2.35. The van der Waals surface area contributed by atoms with E-state index in [0.29, 0.717) is 11.3 Å². The summed E-state index contributed by atoms with van der Waals surface area (Å²) in [4.78, 5) is 0.928. The number of fused-ring (bicyclic) bond motifs is 3. The maximum atomic E-state index is 10.2. The lowest BCUT2D eigenvalue weighted by atomic mass is 9.76. The fourth-order valence-electron chi connectivity index (χ4n) is 4.36. The third-order valence-corrected chi connectivity index (χ3v) is 7.39. The van der Waals surface area contributed by atoms with Crippen molar-refractivity contribution >= 4 is 23.6 Å². The molecule has 1 aliphatic carbocycles. The minimum Gasteiger partial charge on any atom is -0.497 e. The van der Waals surface area contributed by atoms with Crippen LogP contribution < -0.4 is 10.2 Å². The number of nitrogens with one attached hydrogen (secondary N) is 1. The summed E-state index contributed by atoms with van der Waals surface area (Å²) in [6.07, 6.45) is 0.717. The summed E-state index contributed by atoms with van der Waals surface area (Å²) >= 11 is 7.24. The van der Waals surface area contributed by atoms with Crippen LogP contribution >= 0.6 is 23.6 Å². The van der Waals surface area contributed by atoms with Crippen molar-refractivity contribution in [2.75, 3.05) is 7.11 Å². The van der Waals surface area contributed by atoms with Crippen LogP contribution in [0.4, 0.5) is 0 Å². The maximum Gasteiger partial charge on any atom is 0.166 e. The van der Waals surface area contributed by atoms with E-state index in [1.165, 1.54) is 16.0 Å². The van der Waals surface area contributed by atoms with Crippen LogP contribution in [0.1, 0.15) is 30.8 Å². The van der Waals surface area contributed by atoms with Gasteiger partial charge in [-0.05, 0) is 48.6 Å². The molecule has 6 nitrogen and oxygen atoms in total. The van der Waals surface area contributed by atoms with Gasteiger partial charge in [0.1, 0.15) is 17.4 Å². The van der Waals surface area contributed by atoms with Gasteiger partial charge in [0, 0.05) is 28.8 Å². The van der Waals surface area contributed by atoms with Crippen molar-refractivity contribution in [2.24, 2.45) is 0 Å². The molecule has 0 saturated heterocycles. The van der Waals surface area contributed by atoms with Crippen LogP contribution in [0.3, 0.4) is 0 Å². The number of nitrogens with zero attached hydrogens (tertiary/aromatic N) is 4. The van der Waals surface area contributed by atoms with E-state index in [0.717, 1.165) is 43.6 Å². The van der Waals surface area contributed by atoms with Crippen LogP contribution in [-0.2, 0) is 11.8 Å².